The van der Waals surface area contributed by atoms with Crippen LogP contribution in [0.3, 0.4) is 0 Å². The summed E-state index contributed by atoms with van der Waals surface area (Å²) >= 11 is 6.67. The molecule has 3 aromatic carbocycles. The van der Waals surface area contributed by atoms with Gasteiger partial charge in [-0.3, -0.25) is 10.2 Å². The van der Waals surface area contributed by atoms with E-state index in [0.717, 1.165) is 32.5 Å². The fourth-order valence-corrected chi connectivity index (χ4v) is 5.49. The summed E-state index contributed by atoms with van der Waals surface area (Å²) in [6.07, 6.45) is -0.426. The van der Waals surface area contributed by atoms with Gasteiger partial charge < -0.3 is 11.1 Å². The molecule has 3 aromatic rings. The molecule has 13 heteroatoms. The molecular formula is C23H25F3IN5OS3. The zero-order valence-electron chi connectivity index (χ0n) is 19.2. The molecule has 0 fully saturated rings. The smallest absolute Gasteiger partial charge is 0.399 e. The van der Waals surface area contributed by atoms with E-state index in [-0.39, 0.29) is 11.4 Å². The van der Waals surface area contributed by atoms with Crippen LogP contribution in [-0.2, 0) is 6.18 Å². The lowest BCUT2D eigenvalue weighted by Gasteiger charge is -2.16. The van der Waals surface area contributed by atoms with E-state index in [9.17, 15) is 18.0 Å². The number of halogens is 4. The van der Waals surface area contributed by atoms with Gasteiger partial charge in [0.05, 0.1) is 5.56 Å². The van der Waals surface area contributed by atoms with Crippen LogP contribution in [0.5, 0.6) is 0 Å². The molecule has 0 radical (unpaired) electrons. The van der Waals surface area contributed by atoms with Crippen LogP contribution in [0.25, 0.3) is 0 Å². The van der Waals surface area contributed by atoms with Crippen LogP contribution in [0, 0.1) is 0 Å². The maximum Gasteiger partial charge on any atom is 0.416 e. The number of benzene rings is 3. The number of alkyl halides is 3. The Bertz CT molecular complexity index is 1130. The van der Waals surface area contributed by atoms with Crippen molar-refractivity contribution in [3.63, 3.8) is 0 Å². The van der Waals surface area contributed by atoms with Gasteiger partial charge in [-0.1, -0.05) is 17.8 Å². The highest BCUT2D eigenvalue weighted by Gasteiger charge is 2.30. The van der Waals surface area contributed by atoms with Gasteiger partial charge in [-0.15, -0.1) is 23.5 Å². The number of anilines is 2. The molecule has 1 amide bonds. The third-order valence-corrected chi connectivity index (χ3v) is 7.88. The van der Waals surface area contributed by atoms with E-state index in [1.165, 1.54) is 17.8 Å². The Morgan fingerprint density at radius 1 is 0.972 bits per heavy atom. The average molecular weight is 668 g/mol. The Labute approximate surface area is 234 Å². The quantitative estimate of drug-likeness (QED) is 0.0273. The first-order chi connectivity index (χ1) is 17.1. The molecule has 0 heterocycles. The van der Waals surface area contributed by atoms with Crippen molar-refractivity contribution < 1.29 is 18.0 Å². The van der Waals surface area contributed by atoms with Gasteiger partial charge in [0, 0.05) is 54.5 Å². The van der Waals surface area contributed by atoms with Gasteiger partial charge >= 0.3 is 6.18 Å². The molecule has 0 spiro atoms. The zero-order valence-corrected chi connectivity index (χ0v) is 23.8. The molecule has 0 aliphatic rings. The third-order valence-electron chi connectivity index (χ3n) is 4.44. The summed E-state index contributed by atoms with van der Waals surface area (Å²) in [5.74, 6) is 4.80. The van der Waals surface area contributed by atoms with Crippen LogP contribution >= 0.6 is 58.2 Å². The van der Waals surface area contributed by atoms with E-state index >= 15 is 0 Å². The Balaban J connectivity index is 0.000000261. The molecule has 194 valence electrons. The summed E-state index contributed by atoms with van der Waals surface area (Å²) in [6, 6.07) is 18.4. The number of hydrazine groups is 1. The van der Waals surface area contributed by atoms with Crippen molar-refractivity contribution in [1.82, 2.24) is 8.96 Å². The number of hydrogen-bond donors (Lipinski definition) is 5. The van der Waals surface area contributed by atoms with Crippen LogP contribution in [0.1, 0.15) is 15.9 Å². The van der Waals surface area contributed by atoms with E-state index in [4.69, 9.17) is 11.6 Å². The lowest BCUT2D eigenvalue weighted by atomic mass is 10.2. The Kier molecular flexibility index (Phi) is 12.5. The highest BCUT2D eigenvalue weighted by molar-refractivity contribution is 14.1. The second kappa shape index (κ2) is 14.8. The van der Waals surface area contributed by atoms with Gasteiger partial charge in [-0.2, -0.15) is 13.2 Å². The topological polar surface area (TPSA) is 105 Å². The van der Waals surface area contributed by atoms with Crippen molar-refractivity contribution in [1.29, 1.82) is 0 Å². The predicted octanol–water partition coefficient (Wildman–Crippen LogP) is 6.45. The van der Waals surface area contributed by atoms with Gasteiger partial charge in [0.1, 0.15) is 5.50 Å². The SMILES string of the molecule is CSC(NI)Nc1cccc(C(F)(F)F)c1.CSc1cc(N)cc(Sc2ccc(C(=O)NN)cc2)c1. The molecule has 0 bridgehead atoms. The number of nitrogens with two attached hydrogens (primary N) is 2. The van der Waals surface area contributed by atoms with Crippen molar-refractivity contribution in [2.24, 2.45) is 5.84 Å². The van der Waals surface area contributed by atoms with Crippen LogP contribution in [0.15, 0.2) is 81.4 Å². The fraction of sp³-hybridized carbons (Fsp3) is 0.174. The predicted molar refractivity (Wildman–Crippen MR) is 154 cm³/mol. The lowest BCUT2D eigenvalue weighted by molar-refractivity contribution is -0.137. The number of amides is 1. The second-order valence-corrected chi connectivity index (χ2v) is 10.6. The minimum Gasteiger partial charge on any atom is -0.399 e. The second-order valence-electron chi connectivity index (χ2n) is 6.99. The largest absolute Gasteiger partial charge is 0.416 e. The maximum absolute atomic E-state index is 12.4. The molecule has 6 nitrogen and oxygen atoms in total. The Hall–Kier alpha value is -1.78. The highest BCUT2D eigenvalue weighted by Crippen LogP contribution is 2.33. The maximum atomic E-state index is 12.4. The highest BCUT2D eigenvalue weighted by atomic mass is 127. The van der Waals surface area contributed by atoms with Crippen molar-refractivity contribution >= 4 is 75.4 Å². The summed E-state index contributed by atoms with van der Waals surface area (Å²) < 4.78 is 40.2. The summed E-state index contributed by atoms with van der Waals surface area (Å²) in [7, 11) is 0. The third kappa shape index (κ3) is 9.94. The number of hydrogen-bond acceptors (Lipinski definition) is 8. The first-order valence-electron chi connectivity index (χ1n) is 10.2. The van der Waals surface area contributed by atoms with Crippen molar-refractivity contribution in [3.05, 3.63) is 77.9 Å². The number of thioether (sulfide) groups is 2. The Morgan fingerprint density at radius 2 is 1.64 bits per heavy atom. The first kappa shape index (κ1) is 30.4. The van der Waals surface area contributed by atoms with Crippen LogP contribution in [0.4, 0.5) is 24.5 Å². The zero-order chi connectivity index (χ0) is 26.7. The van der Waals surface area contributed by atoms with Crippen molar-refractivity contribution in [2.45, 2.75) is 26.4 Å². The van der Waals surface area contributed by atoms with Crippen LogP contribution < -0.4 is 25.8 Å². The summed E-state index contributed by atoms with van der Waals surface area (Å²) in [6.45, 7) is 0. The van der Waals surface area contributed by atoms with Gasteiger partial charge in [-0.25, -0.2) is 9.37 Å². The van der Waals surface area contributed by atoms with Gasteiger partial charge in [0.15, 0.2) is 0 Å². The van der Waals surface area contributed by atoms with Crippen LogP contribution in [-0.4, -0.2) is 23.9 Å². The van der Waals surface area contributed by atoms with E-state index in [1.807, 2.05) is 59.6 Å². The van der Waals surface area contributed by atoms with Gasteiger partial charge in [0.25, 0.3) is 5.91 Å². The fourth-order valence-electron chi connectivity index (χ4n) is 2.73. The molecule has 3 rings (SSSR count). The van der Waals surface area contributed by atoms with Crippen molar-refractivity contribution in [2.75, 3.05) is 23.6 Å². The molecule has 1 atom stereocenters. The molecule has 36 heavy (non-hydrogen) atoms. The number of rotatable bonds is 8. The summed E-state index contributed by atoms with van der Waals surface area (Å²) in [5, 5.41) is 2.94. The molecule has 0 saturated carbocycles. The van der Waals surface area contributed by atoms with Crippen LogP contribution in [0.2, 0.25) is 0 Å². The molecule has 0 saturated heterocycles. The standard InChI is InChI=1S/C14H15N3OS2.C9H10F3IN2S/c1-19-12-6-10(15)7-13(8-12)20-11-4-2-9(3-5-11)14(18)17-16;1-16-8(15-13)14-7-4-2-3-6(5-7)9(10,11)12/h2-8H,15-16H2,1H3,(H,17,18);2-5,8,14-15H,1H3. The first-order valence-corrected chi connectivity index (χ1v) is 14.6. The number of carbonyl (C=O) groups is 1. The lowest BCUT2D eigenvalue weighted by Crippen LogP contribution is -2.29. The summed E-state index contributed by atoms with van der Waals surface area (Å²) in [5.41, 5.74) is 8.94. The van der Waals surface area contributed by atoms with Crippen molar-refractivity contribution in [3.8, 4) is 0 Å². The molecule has 1 unspecified atom stereocenters. The van der Waals surface area contributed by atoms with E-state index in [2.05, 4.69) is 20.3 Å². The summed E-state index contributed by atoms with van der Waals surface area (Å²) in [4.78, 5) is 14.6. The number of nitrogen functional groups attached to an aromatic ring is 2. The molecule has 7 N–H and O–H groups in total. The Morgan fingerprint density at radius 3 is 2.19 bits per heavy atom. The van der Waals surface area contributed by atoms with E-state index in [0.29, 0.717) is 11.3 Å². The minimum absolute atomic E-state index is 0.121. The normalized spacial score (nSPS) is 11.8. The number of carbonyl (C=O) groups excluding carboxylic acids is 1. The monoisotopic (exact) mass is 667 g/mol. The molecule has 0 aliphatic heterocycles. The molecule has 0 aliphatic carbocycles. The average Bonchev–Trinajstić information content (AvgIpc) is 2.87. The molecule has 0 aromatic heterocycles. The minimum atomic E-state index is -4.30. The van der Waals surface area contributed by atoms with E-state index < -0.39 is 11.7 Å². The van der Waals surface area contributed by atoms with E-state index in [1.54, 1.807) is 41.7 Å². The van der Waals surface area contributed by atoms with Gasteiger partial charge in [-0.05, 0) is 73.2 Å². The molecular weight excluding hydrogens is 642 g/mol. The van der Waals surface area contributed by atoms with Gasteiger partial charge in [0.2, 0.25) is 0 Å². The number of nitrogens with one attached hydrogen (secondary N) is 3.